The summed E-state index contributed by atoms with van der Waals surface area (Å²) in [7, 11) is 1.79. The average Bonchev–Trinajstić information content (AvgIpc) is 3.32. The fourth-order valence-electron chi connectivity index (χ4n) is 3.82. The molecule has 24 heavy (non-hydrogen) atoms. The third-order valence-corrected chi connectivity index (χ3v) is 5.08. The Hall–Kier alpha value is -1.99. The van der Waals surface area contributed by atoms with Crippen molar-refractivity contribution >= 4 is 5.82 Å². The van der Waals surface area contributed by atoms with Crippen molar-refractivity contribution in [3.63, 3.8) is 0 Å². The minimum Gasteiger partial charge on any atom is -0.380 e. The second-order valence-corrected chi connectivity index (χ2v) is 6.54. The van der Waals surface area contributed by atoms with Crippen LogP contribution in [0.2, 0.25) is 0 Å². The molecule has 0 aliphatic carbocycles. The maximum Gasteiger partial charge on any atom is 0.132 e. The lowest BCUT2D eigenvalue weighted by atomic mass is 10.1. The van der Waals surface area contributed by atoms with Crippen LogP contribution in [0.3, 0.4) is 0 Å². The number of hydrogen-bond acceptors (Lipinski definition) is 6. The molecule has 1 fully saturated rings. The van der Waals surface area contributed by atoms with Gasteiger partial charge in [-0.25, -0.2) is 9.97 Å². The quantitative estimate of drug-likeness (QED) is 0.853. The summed E-state index contributed by atoms with van der Waals surface area (Å²) >= 11 is 0. The van der Waals surface area contributed by atoms with Crippen LogP contribution in [0.5, 0.6) is 0 Å². The van der Waals surface area contributed by atoms with Crippen molar-refractivity contribution in [1.29, 1.82) is 0 Å². The van der Waals surface area contributed by atoms with Crippen molar-refractivity contribution in [2.75, 3.05) is 25.1 Å². The summed E-state index contributed by atoms with van der Waals surface area (Å²) in [5.74, 6) is 0.975. The molecule has 2 aromatic rings. The molecule has 0 radical (unpaired) electrons. The second-order valence-electron chi connectivity index (χ2n) is 6.54. The van der Waals surface area contributed by atoms with Crippen LogP contribution in [-0.2, 0) is 24.2 Å². The molecule has 7 nitrogen and oxygen atoms in total. The lowest BCUT2D eigenvalue weighted by molar-refractivity contribution is 0.118. The molecule has 2 aliphatic rings. The van der Waals surface area contributed by atoms with Gasteiger partial charge in [-0.1, -0.05) is 0 Å². The molecule has 0 amide bonds. The smallest absolute Gasteiger partial charge is 0.132 e. The fourth-order valence-corrected chi connectivity index (χ4v) is 3.82. The highest BCUT2D eigenvalue weighted by Crippen LogP contribution is 2.25. The molecule has 1 saturated heterocycles. The number of nitrogens with zero attached hydrogens (tertiary/aromatic N) is 5. The zero-order valence-corrected chi connectivity index (χ0v) is 14.1. The van der Waals surface area contributed by atoms with Gasteiger partial charge in [-0.2, -0.15) is 5.10 Å². The van der Waals surface area contributed by atoms with Crippen molar-refractivity contribution in [3.05, 3.63) is 36.0 Å². The monoisotopic (exact) mass is 328 g/mol. The highest BCUT2D eigenvalue weighted by Gasteiger charge is 2.32. The van der Waals surface area contributed by atoms with E-state index in [1.54, 1.807) is 19.6 Å². The first-order valence-electron chi connectivity index (χ1n) is 8.65. The van der Waals surface area contributed by atoms with Gasteiger partial charge in [-0.3, -0.25) is 4.68 Å². The van der Waals surface area contributed by atoms with Crippen LogP contribution in [0.25, 0.3) is 0 Å². The SMILES string of the molecule is CO[C@@H]1C[C@H](CNCc2cnn3c2CCC3)N(c2ccncn2)C1. The molecular weight excluding hydrogens is 304 g/mol. The highest BCUT2D eigenvalue weighted by molar-refractivity contribution is 5.40. The van der Waals surface area contributed by atoms with Gasteiger partial charge in [-0.15, -0.1) is 0 Å². The van der Waals surface area contributed by atoms with E-state index in [1.165, 1.54) is 17.7 Å². The van der Waals surface area contributed by atoms with Crippen LogP contribution >= 0.6 is 0 Å². The van der Waals surface area contributed by atoms with Crippen LogP contribution in [0.4, 0.5) is 5.82 Å². The summed E-state index contributed by atoms with van der Waals surface area (Å²) in [5, 5.41) is 8.07. The molecule has 2 aliphatic heterocycles. The lowest BCUT2D eigenvalue weighted by Gasteiger charge is -2.25. The number of rotatable bonds is 6. The third kappa shape index (κ3) is 3.01. The summed E-state index contributed by atoms with van der Waals surface area (Å²) in [4.78, 5) is 10.7. The summed E-state index contributed by atoms with van der Waals surface area (Å²) in [6.45, 7) is 3.73. The Morgan fingerprint density at radius 3 is 3.21 bits per heavy atom. The van der Waals surface area contributed by atoms with E-state index in [2.05, 4.69) is 30.0 Å². The molecule has 7 heteroatoms. The first-order valence-corrected chi connectivity index (χ1v) is 8.65. The maximum absolute atomic E-state index is 5.58. The molecule has 0 unspecified atom stereocenters. The van der Waals surface area contributed by atoms with E-state index in [1.807, 2.05) is 12.3 Å². The molecule has 4 rings (SSSR count). The Bertz CT molecular complexity index is 673. The first-order chi connectivity index (χ1) is 11.8. The molecule has 128 valence electrons. The number of methoxy groups -OCH3 is 1. The van der Waals surface area contributed by atoms with Crippen LogP contribution in [0.1, 0.15) is 24.1 Å². The van der Waals surface area contributed by atoms with Gasteiger partial charge in [0.1, 0.15) is 12.1 Å². The van der Waals surface area contributed by atoms with Gasteiger partial charge < -0.3 is 15.0 Å². The number of fused-ring (bicyclic) bond motifs is 1. The molecule has 0 spiro atoms. The largest absolute Gasteiger partial charge is 0.380 e. The Labute approximate surface area is 142 Å². The molecule has 4 heterocycles. The van der Waals surface area contributed by atoms with Gasteiger partial charge in [0.15, 0.2) is 0 Å². The predicted molar refractivity (Wildman–Crippen MR) is 90.8 cm³/mol. The van der Waals surface area contributed by atoms with E-state index in [-0.39, 0.29) is 6.10 Å². The Balaban J connectivity index is 1.38. The van der Waals surface area contributed by atoms with Crippen molar-refractivity contribution in [2.24, 2.45) is 0 Å². The van der Waals surface area contributed by atoms with Crippen LogP contribution in [0.15, 0.2) is 24.8 Å². The summed E-state index contributed by atoms with van der Waals surface area (Å²) in [6.07, 6.45) is 9.05. The van der Waals surface area contributed by atoms with E-state index < -0.39 is 0 Å². The summed E-state index contributed by atoms with van der Waals surface area (Å²) in [5.41, 5.74) is 2.73. The van der Waals surface area contributed by atoms with E-state index in [0.29, 0.717) is 6.04 Å². The third-order valence-electron chi connectivity index (χ3n) is 5.08. The Kier molecular flexibility index (Phi) is 4.44. The second kappa shape index (κ2) is 6.86. The van der Waals surface area contributed by atoms with E-state index in [0.717, 1.165) is 44.8 Å². The molecule has 2 atom stereocenters. The van der Waals surface area contributed by atoms with Crippen molar-refractivity contribution < 1.29 is 4.74 Å². The standard InChI is InChI=1S/C17H24N6O/c1-24-15-7-14(22(11-15)17-4-5-18-12-20-17)10-19-8-13-9-21-23-6-2-3-16(13)23/h4-5,9,12,14-15,19H,2-3,6-8,10-11H2,1H3/t14-,15-/m1/s1. The van der Waals surface area contributed by atoms with Crippen LogP contribution in [0, 0.1) is 0 Å². The minimum absolute atomic E-state index is 0.257. The molecule has 1 N–H and O–H groups in total. The molecule has 2 aromatic heterocycles. The maximum atomic E-state index is 5.58. The number of nitrogens with one attached hydrogen (secondary N) is 1. The van der Waals surface area contributed by atoms with E-state index in [4.69, 9.17) is 4.74 Å². The van der Waals surface area contributed by atoms with E-state index in [9.17, 15) is 0 Å². The lowest BCUT2D eigenvalue weighted by Crippen LogP contribution is -2.38. The number of aromatic nitrogens is 4. The van der Waals surface area contributed by atoms with Gasteiger partial charge >= 0.3 is 0 Å². The average molecular weight is 328 g/mol. The number of aryl methyl sites for hydroxylation is 1. The van der Waals surface area contributed by atoms with Gasteiger partial charge in [0.25, 0.3) is 0 Å². The van der Waals surface area contributed by atoms with Gasteiger partial charge in [-0.05, 0) is 25.3 Å². The van der Waals surface area contributed by atoms with Crippen molar-refractivity contribution in [3.8, 4) is 0 Å². The molecular formula is C17H24N6O. The molecule has 0 aromatic carbocycles. The van der Waals surface area contributed by atoms with Crippen LogP contribution in [-0.4, -0.2) is 52.1 Å². The minimum atomic E-state index is 0.257. The fraction of sp³-hybridized carbons (Fsp3) is 0.588. The van der Waals surface area contributed by atoms with Crippen LogP contribution < -0.4 is 10.2 Å². The number of anilines is 1. The molecule has 0 bridgehead atoms. The van der Waals surface area contributed by atoms with Gasteiger partial charge in [0.05, 0.1) is 12.3 Å². The van der Waals surface area contributed by atoms with Crippen molar-refractivity contribution in [1.82, 2.24) is 25.1 Å². The normalized spacial score (nSPS) is 23.0. The number of hydrogen-bond donors (Lipinski definition) is 1. The highest BCUT2D eigenvalue weighted by atomic mass is 16.5. The predicted octanol–water partition coefficient (Wildman–Crippen LogP) is 1.00. The zero-order valence-electron chi connectivity index (χ0n) is 14.1. The first kappa shape index (κ1) is 15.5. The van der Waals surface area contributed by atoms with E-state index >= 15 is 0 Å². The molecule has 0 saturated carbocycles. The Morgan fingerprint density at radius 2 is 2.38 bits per heavy atom. The zero-order chi connectivity index (χ0) is 16.4. The Morgan fingerprint density at radius 1 is 1.42 bits per heavy atom. The summed E-state index contributed by atoms with van der Waals surface area (Å²) < 4.78 is 7.72. The van der Waals surface area contributed by atoms with Gasteiger partial charge in [0, 0.05) is 56.8 Å². The van der Waals surface area contributed by atoms with Crippen molar-refractivity contribution in [2.45, 2.75) is 44.5 Å². The summed E-state index contributed by atoms with van der Waals surface area (Å²) in [6, 6.07) is 2.35. The topological polar surface area (TPSA) is 68.1 Å². The number of ether oxygens (including phenoxy) is 1. The van der Waals surface area contributed by atoms with Gasteiger partial charge in [0.2, 0.25) is 0 Å².